The monoisotopic (exact) mass is 339 g/mol. The molecule has 5 heteroatoms. The number of carbonyl (C=O) groups excluding carboxylic acids is 2. The molecule has 1 aromatic heterocycles. The molecule has 122 valence electrons. The Hall–Kier alpha value is -2.66. The van der Waals surface area contributed by atoms with E-state index in [-0.39, 0.29) is 5.91 Å². The van der Waals surface area contributed by atoms with Gasteiger partial charge in [-0.05, 0) is 30.0 Å². The first kappa shape index (κ1) is 16.2. The number of nitrogens with zero attached hydrogens (tertiary/aromatic N) is 1. The quantitative estimate of drug-likeness (QED) is 0.631. The van der Waals surface area contributed by atoms with Crippen LogP contribution in [0.5, 0.6) is 0 Å². The van der Waals surface area contributed by atoms with Gasteiger partial charge in [0, 0.05) is 10.6 Å². The number of amides is 1. The third kappa shape index (κ3) is 3.03. The molecule has 0 fully saturated rings. The standard InChI is InChI=1S/C19H17NO3S/c1-13-17(19(22)23-2)16(11-15-9-6-10-24-15)18(21)20(13)12-14-7-4-3-5-8-14/h3-11H,12H2,1-2H3/b16-11-. The Balaban J connectivity index is 2.01. The van der Waals surface area contributed by atoms with E-state index in [1.807, 2.05) is 47.8 Å². The van der Waals surface area contributed by atoms with Crippen LogP contribution in [0, 0.1) is 0 Å². The van der Waals surface area contributed by atoms with Crippen molar-refractivity contribution in [2.45, 2.75) is 13.5 Å². The highest BCUT2D eigenvalue weighted by Crippen LogP contribution is 2.33. The SMILES string of the molecule is COC(=O)C1=C(C)N(Cc2ccccc2)C(=O)/C1=C\c1cccs1. The number of carbonyl (C=O) groups is 2. The summed E-state index contributed by atoms with van der Waals surface area (Å²) in [5.74, 6) is -0.663. The van der Waals surface area contributed by atoms with Crippen molar-refractivity contribution in [2.75, 3.05) is 7.11 Å². The van der Waals surface area contributed by atoms with Crippen LogP contribution in [0.1, 0.15) is 17.4 Å². The zero-order valence-corrected chi connectivity index (χ0v) is 14.3. The number of hydrogen-bond acceptors (Lipinski definition) is 4. The average Bonchev–Trinajstić information content (AvgIpc) is 3.18. The molecular weight excluding hydrogens is 322 g/mol. The minimum Gasteiger partial charge on any atom is -0.465 e. The number of thiophene rings is 1. The summed E-state index contributed by atoms with van der Waals surface area (Å²) in [4.78, 5) is 27.7. The molecule has 3 rings (SSSR count). The van der Waals surface area contributed by atoms with Gasteiger partial charge in [-0.1, -0.05) is 36.4 Å². The van der Waals surface area contributed by atoms with Gasteiger partial charge in [-0.25, -0.2) is 4.79 Å². The lowest BCUT2D eigenvalue weighted by atomic mass is 10.1. The molecular formula is C19H17NO3S. The van der Waals surface area contributed by atoms with E-state index < -0.39 is 5.97 Å². The Morgan fingerprint density at radius 2 is 1.96 bits per heavy atom. The second kappa shape index (κ2) is 6.84. The Kier molecular flexibility index (Phi) is 4.62. The van der Waals surface area contributed by atoms with Crippen LogP contribution in [0.3, 0.4) is 0 Å². The first-order chi connectivity index (χ1) is 11.6. The molecule has 0 saturated carbocycles. The van der Waals surface area contributed by atoms with Crippen molar-refractivity contribution in [3.8, 4) is 0 Å². The highest BCUT2D eigenvalue weighted by Gasteiger charge is 2.36. The number of ether oxygens (including phenoxy) is 1. The van der Waals surface area contributed by atoms with E-state index in [1.165, 1.54) is 18.4 Å². The van der Waals surface area contributed by atoms with Crippen LogP contribution in [-0.4, -0.2) is 23.9 Å². The van der Waals surface area contributed by atoms with Gasteiger partial charge in [0.15, 0.2) is 0 Å². The van der Waals surface area contributed by atoms with E-state index in [1.54, 1.807) is 17.9 Å². The summed E-state index contributed by atoms with van der Waals surface area (Å²) in [5, 5.41) is 1.93. The molecule has 0 saturated heterocycles. The second-order valence-corrected chi connectivity index (χ2v) is 6.38. The van der Waals surface area contributed by atoms with E-state index in [4.69, 9.17) is 4.74 Å². The maximum atomic E-state index is 12.9. The van der Waals surface area contributed by atoms with Gasteiger partial charge in [-0.3, -0.25) is 4.79 Å². The van der Waals surface area contributed by atoms with E-state index in [0.717, 1.165) is 10.4 Å². The minimum absolute atomic E-state index is 0.176. The summed E-state index contributed by atoms with van der Waals surface area (Å²) in [6, 6.07) is 13.5. The van der Waals surface area contributed by atoms with Crippen molar-refractivity contribution in [1.82, 2.24) is 4.90 Å². The predicted molar refractivity (Wildman–Crippen MR) is 94.0 cm³/mol. The first-order valence-electron chi connectivity index (χ1n) is 7.52. The summed E-state index contributed by atoms with van der Waals surface area (Å²) in [6.45, 7) is 2.20. The molecule has 1 aliphatic heterocycles. The van der Waals surface area contributed by atoms with Crippen molar-refractivity contribution in [2.24, 2.45) is 0 Å². The fourth-order valence-electron chi connectivity index (χ4n) is 2.70. The summed E-state index contributed by atoms with van der Waals surface area (Å²) in [6.07, 6.45) is 1.76. The lowest BCUT2D eigenvalue weighted by Gasteiger charge is -2.17. The Bertz CT molecular complexity index is 820. The van der Waals surface area contributed by atoms with Crippen molar-refractivity contribution in [3.63, 3.8) is 0 Å². The molecule has 0 unspecified atom stereocenters. The van der Waals surface area contributed by atoms with Crippen LogP contribution >= 0.6 is 11.3 Å². The molecule has 2 aromatic rings. The molecule has 0 bridgehead atoms. The van der Waals surface area contributed by atoms with E-state index in [9.17, 15) is 9.59 Å². The highest BCUT2D eigenvalue weighted by atomic mass is 32.1. The lowest BCUT2D eigenvalue weighted by Crippen LogP contribution is -2.24. The molecule has 1 amide bonds. The van der Waals surface area contributed by atoms with Crippen LogP contribution < -0.4 is 0 Å². The van der Waals surface area contributed by atoms with Crippen molar-refractivity contribution in [3.05, 3.63) is 75.1 Å². The third-order valence-corrected chi connectivity index (χ3v) is 4.73. The van der Waals surface area contributed by atoms with Gasteiger partial charge in [-0.15, -0.1) is 11.3 Å². The smallest absolute Gasteiger partial charge is 0.340 e. The van der Waals surface area contributed by atoms with E-state index in [0.29, 0.717) is 23.4 Å². The van der Waals surface area contributed by atoms with E-state index >= 15 is 0 Å². The van der Waals surface area contributed by atoms with Crippen LogP contribution in [0.15, 0.2) is 64.7 Å². The van der Waals surface area contributed by atoms with Gasteiger partial charge in [-0.2, -0.15) is 0 Å². The average molecular weight is 339 g/mol. The Labute approximate surface area is 144 Å². The fourth-order valence-corrected chi connectivity index (χ4v) is 3.36. The molecule has 0 radical (unpaired) electrons. The highest BCUT2D eigenvalue weighted by molar-refractivity contribution is 7.10. The fraction of sp³-hybridized carbons (Fsp3) is 0.158. The van der Waals surface area contributed by atoms with Crippen LogP contribution in [0.4, 0.5) is 0 Å². The van der Waals surface area contributed by atoms with Gasteiger partial charge in [0.25, 0.3) is 5.91 Å². The number of methoxy groups -OCH3 is 1. The number of benzene rings is 1. The Morgan fingerprint density at radius 1 is 1.21 bits per heavy atom. The second-order valence-electron chi connectivity index (χ2n) is 5.40. The molecule has 1 aromatic carbocycles. The number of rotatable bonds is 4. The normalized spacial score (nSPS) is 16.2. The van der Waals surface area contributed by atoms with Crippen LogP contribution in [0.2, 0.25) is 0 Å². The number of allylic oxidation sites excluding steroid dienone is 1. The number of esters is 1. The zero-order chi connectivity index (χ0) is 17.1. The molecule has 4 nitrogen and oxygen atoms in total. The van der Waals surface area contributed by atoms with Gasteiger partial charge >= 0.3 is 5.97 Å². The largest absolute Gasteiger partial charge is 0.465 e. The van der Waals surface area contributed by atoms with Crippen molar-refractivity contribution >= 4 is 29.3 Å². The Morgan fingerprint density at radius 3 is 2.58 bits per heavy atom. The maximum absolute atomic E-state index is 12.9. The number of hydrogen-bond donors (Lipinski definition) is 0. The molecule has 2 heterocycles. The predicted octanol–water partition coefficient (Wildman–Crippen LogP) is 3.62. The van der Waals surface area contributed by atoms with E-state index in [2.05, 4.69) is 0 Å². The van der Waals surface area contributed by atoms with Crippen molar-refractivity contribution < 1.29 is 14.3 Å². The molecule has 24 heavy (non-hydrogen) atoms. The van der Waals surface area contributed by atoms with Crippen LogP contribution in [0.25, 0.3) is 6.08 Å². The van der Waals surface area contributed by atoms with Gasteiger partial charge < -0.3 is 9.64 Å². The summed E-state index contributed by atoms with van der Waals surface area (Å²) < 4.78 is 4.89. The first-order valence-corrected chi connectivity index (χ1v) is 8.40. The summed E-state index contributed by atoms with van der Waals surface area (Å²) in [7, 11) is 1.33. The van der Waals surface area contributed by atoms with Gasteiger partial charge in [0.2, 0.25) is 0 Å². The molecule has 0 aliphatic carbocycles. The lowest BCUT2D eigenvalue weighted by molar-refractivity contribution is -0.136. The van der Waals surface area contributed by atoms with Crippen LogP contribution in [-0.2, 0) is 20.9 Å². The summed E-state index contributed by atoms with van der Waals surface area (Å²) in [5.41, 5.74) is 2.36. The van der Waals surface area contributed by atoms with Crippen molar-refractivity contribution in [1.29, 1.82) is 0 Å². The molecule has 1 aliphatic rings. The molecule has 0 atom stereocenters. The maximum Gasteiger partial charge on any atom is 0.340 e. The topological polar surface area (TPSA) is 46.6 Å². The zero-order valence-electron chi connectivity index (χ0n) is 13.5. The minimum atomic E-state index is -0.487. The molecule has 0 spiro atoms. The molecule has 0 N–H and O–H groups in total. The van der Waals surface area contributed by atoms with Gasteiger partial charge in [0.1, 0.15) is 0 Å². The summed E-state index contributed by atoms with van der Waals surface area (Å²) >= 11 is 1.52. The van der Waals surface area contributed by atoms with Gasteiger partial charge in [0.05, 0.1) is 24.8 Å². The third-order valence-electron chi connectivity index (χ3n) is 3.91.